The maximum atomic E-state index is 10.2. The number of allylic oxidation sites excluding steroid dienone is 4. The number of aliphatic imine (C=N–C) groups is 1. The van der Waals surface area contributed by atoms with Gasteiger partial charge in [-0.05, 0) is 63.5 Å². The molecule has 0 fully saturated rings. The summed E-state index contributed by atoms with van der Waals surface area (Å²) in [5, 5.41) is 14.6. The van der Waals surface area contributed by atoms with Crippen LogP contribution in [0.4, 0.5) is 5.69 Å². The van der Waals surface area contributed by atoms with Crippen molar-refractivity contribution >= 4 is 40.7 Å². The third-order valence-electron chi connectivity index (χ3n) is 5.44. The molecule has 0 saturated heterocycles. The quantitative estimate of drug-likeness (QED) is 0.192. The number of rotatable bonds is 15. The molecule has 1 aromatic rings. The molecule has 0 saturated carbocycles. The molecule has 0 atom stereocenters. The number of amidine groups is 1. The summed E-state index contributed by atoms with van der Waals surface area (Å²) in [5.41, 5.74) is 0.761. The van der Waals surface area contributed by atoms with Crippen LogP contribution < -0.4 is 10.4 Å². The first-order chi connectivity index (χ1) is 16.5. The number of carboxylic acids is 1. The topological polar surface area (TPSA) is 64.5 Å². The normalized spacial score (nSPS) is 13.2. The van der Waals surface area contributed by atoms with Crippen LogP contribution in [0.5, 0.6) is 0 Å². The number of unbranched alkanes of at least 4 members (excludes halogenated alkanes) is 8. The molecular weight excluding hydrogens is 467 g/mol. The summed E-state index contributed by atoms with van der Waals surface area (Å²) < 4.78 is 0. The second kappa shape index (κ2) is 20.6. The van der Waals surface area contributed by atoms with Crippen molar-refractivity contribution in [2.75, 3.05) is 11.9 Å². The van der Waals surface area contributed by atoms with Gasteiger partial charge in [0.2, 0.25) is 0 Å². The van der Waals surface area contributed by atoms with Gasteiger partial charge in [-0.15, -0.1) is 0 Å². The Hall–Kier alpha value is -1.78. The van der Waals surface area contributed by atoms with E-state index in [2.05, 4.69) is 41.5 Å². The van der Waals surface area contributed by atoms with Crippen LogP contribution in [0.3, 0.4) is 0 Å². The van der Waals surface area contributed by atoms with E-state index in [-0.39, 0.29) is 6.42 Å². The highest BCUT2D eigenvalue weighted by Gasteiger charge is 2.10. The van der Waals surface area contributed by atoms with Gasteiger partial charge in [0.15, 0.2) is 0 Å². The van der Waals surface area contributed by atoms with Gasteiger partial charge in [-0.3, -0.25) is 4.99 Å². The number of anilines is 1. The van der Waals surface area contributed by atoms with Gasteiger partial charge < -0.3 is 15.2 Å². The number of carbonyl (C=O) groups excluding carboxylic acids is 1. The minimum atomic E-state index is -0.921. The SMILES string of the molecule is CCCCC/C=C\C/C=C\CCCCCCCC(=O)[O-].Clc1cccc(Cl)c1NC1=NCCC1. The Balaban J connectivity index is 0.000000358. The lowest BCUT2D eigenvalue weighted by Crippen LogP contribution is -2.21. The monoisotopic (exact) mass is 507 g/mol. The van der Waals surface area contributed by atoms with Gasteiger partial charge in [0.25, 0.3) is 0 Å². The zero-order valence-corrected chi connectivity index (χ0v) is 22.2. The Labute approximate surface area is 216 Å². The van der Waals surface area contributed by atoms with Crippen LogP contribution in [-0.2, 0) is 4.79 Å². The fraction of sp³-hybridized carbons (Fsp3) is 0.571. The Morgan fingerprint density at radius 3 is 2.18 bits per heavy atom. The minimum Gasteiger partial charge on any atom is -0.550 e. The van der Waals surface area contributed by atoms with Crippen LogP contribution in [0, 0.1) is 0 Å². The van der Waals surface area contributed by atoms with Crippen LogP contribution in [0.25, 0.3) is 0 Å². The summed E-state index contributed by atoms with van der Waals surface area (Å²) >= 11 is 12.0. The molecule has 0 unspecified atom stereocenters. The summed E-state index contributed by atoms with van der Waals surface area (Å²) in [4.78, 5) is 14.5. The summed E-state index contributed by atoms with van der Waals surface area (Å²) in [5.74, 6) is 0.0516. The summed E-state index contributed by atoms with van der Waals surface area (Å²) in [7, 11) is 0. The summed E-state index contributed by atoms with van der Waals surface area (Å²) in [6, 6.07) is 5.45. The standard InChI is InChI=1S/C18H32O2.C10H10Cl2N2/c1-2-3-4-5-6-7-8-9-10-11-12-13-14-15-16-17-18(19)20;11-7-3-1-4-8(12)10(7)14-9-5-2-6-13-9/h6-7,9-10H,2-5,8,11-17H2,1H3,(H,19,20);1,3-4H,2,5-6H2,(H,13,14)/p-1/b7-6-,10-9-;. The largest absolute Gasteiger partial charge is 0.550 e. The van der Waals surface area contributed by atoms with Crippen molar-refractivity contribution in [3.63, 3.8) is 0 Å². The second-order valence-electron chi connectivity index (χ2n) is 8.51. The predicted molar refractivity (Wildman–Crippen MR) is 146 cm³/mol. The van der Waals surface area contributed by atoms with E-state index in [0.717, 1.165) is 63.0 Å². The average Bonchev–Trinajstić information content (AvgIpc) is 3.33. The average molecular weight is 509 g/mol. The van der Waals surface area contributed by atoms with E-state index in [1.54, 1.807) is 0 Å². The van der Waals surface area contributed by atoms with Crippen molar-refractivity contribution < 1.29 is 9.90 Å². The number of hydrogen-bond donors (Lipinski definition) is 1. The number of nitrogens with one attached hydrogen (secondary N) is 1. The molecule has 2 rings (SSSR count). The van der Waals surface area contributed by atoms with Gasteiger partial charge in [-0.1, -0.05) is 92.6 Å². The first kappa shape index (κ1) is 30.3. The molecule has 1 heterocycles. The van der Waals surface area contributed by atoms with Gasteiger partial charge >= 0.3 is 0 Å². The molecule has 34 heavy (non-hydrogen) atoms. The summed E-state index contributed by atoms with van der Waals surface area (Å²) in [6.45, 7) is 3.13. The number of hydrogen-bond acceptors (Lipinski definition) is 4. The van der Waals surface area contributed by atoms with Gasteiger partial charge in [0.1, 0.15) is 5.84 Å². The van der Waals surface area contributed by atoms with Crippen LogP contribution >= 0.6 is 23.2 Å². The van der Waals surface area contributed by atoms with E-state index in [9.17, 15) is 9.90 Å². The number of para-hydroxylation sites is 1. The van der Waals surface area contributed by atoms with E-state index in [1.165, 1.54) is 38.5 Å². The first-order valence-electron chi connectivity index (χ1n) is 12.8. The molecule has 0 radical (unpaired) electrons. The summed E-state index contributed by atoms with van der Waals surface area (Å²) in [6.07, 6.45) is 24.0. The molecule has 1 aliphatic heterocycles. The van der Waals surface area contributed by atoms with E-state index < -0.39 is 5.97 Å². The molecule has 4 nitrogen and oxygen atoms in total. The van der Waals surface area contributed by atoms with Gasteiger partial charge in [0, 0.05) is 18.9 Å². The number of aliphatic carboxylic acids is 1. The zero-order valence-electron chi connectivity index (χ0n) is 20.7. The van der Waals surface area contributed by atoms with Gasteiger partial charge in [0.05, 0.1) is 15.7 Å². The Morgan fingerprint density at radius 1 is 0.971 bits per heavy atom. The van der Waals surface area contributed by atoms with Crippen LogP contribution in [0.1, 0.15) is 96.8 Å². The highest BCUT2D eigenvalue weighted by atomic mass is 35.5. The van der Waals surface area contributed by atoms with Crippen molar-refractivity contribution in [2.24, 2.45) is 4.99 Å². The lowest BCUT2D eigenvalue weighted by atomic mass is 10.1. The van der Waals surface area contributed by atoms with E-state index >= 15 is 0 Å². The molecular formula is C28H41Cl2N2O2-. The molecule has 0 spiro atoms. The molecule has 1 aliphatic rings. The number of carboxylic acid groups (broad SMARTS) is 1. The Morgan fingerprint density at radius 2 is 1.59 bits per heavy atom. The van der Waals surface area contributed by atoms with Crippen LogP contribution in [-0.4, -0.2) is 18.3 Å². The highest BCUT2D eigenvalue weighted by Crippen LogP contribution is 2.30. The molecule has 0 aromatic heterocycles. The van der Waals surface area contributed by atoms with Crippen molar-refractivity contribution in [2.45, 2.75) is 96.8 Å². The number of carbonyl (C=O) groups is 1. The first-order valence-corrected chi connectivity index (χ1v) is 13.5. The maximum Gasteiger partial charge on any atom is 0.101 e. The molecule has 1 N–H and O–H groups in total. The van der Waals surface area contributed by atoms with Crippen molar-refractivity contribution in [1.29, 1.82) is 0 Å². The molecule has 190 valence electrons. The third kappa shape index (κ3) is 16.0. The number of halogens is 2. The number of benzene rings is 1. The zero-order chi connectivity index (χ0) is 24.9. The smallest absolute Gasteiger partial charge is 0.101 e. The molecule has 0 aliphatic carbocycles. The van der Waals surface area contributed by atoms with Gasteiger partial charge in [-0.25, -0.2) is 0 Å². The minimum absolute atomic E-state index is 0.213. The van der Waals surface area contributed by atoms with Crippen LogP contribution in [0.2, 0.25) is 10.0 Å². The maximum absolute atomic E-state index is 10.2. The van der Waals surface area contributed by atoms with E-state index in [4.69, 9.17) is 23.2 Å². The molecule has 0 bridgehead atoms. The lowest BCUT2D eigenvalue weighted by Gasteiger charge is -2.09. The predicted octanol–water partition coefficient (Wildman–Crippen LogP) is 8.15. The van der Waals surface area contributed by atoms with Crippen molar-refractivity contribution in [3.05, 3.63) is 52.5 Å². The lowest BCUT2D eigenvalue weighted by molar-refractivity contribution is -0.305. The fourth-order valence-electron chi connectivity index (χ4n) is 3.48. The van der Waals surface area contributed by atoms with Gasteiger partial charge in [-0.2, -0.15) is 0 Å². The highest BCUT2D eigenvalue weighted by molar-refractivity contribution is 6.39. The Bertz CT molecular complexity index is 755. The molecule has 1 aromatic carbocycles. The third-order valence-corrected chi connectivity index (χ3v) is 6.07. The van der Waals surface area contributed by atoms with E-state index in [0.29, 0.717) is 10.0 Å². The van der Waals surface area contributed by atoms with Crippen LogP contribution in [0.15, 0.2) is 47.5 Å². The molecule has 0 amide bonds. The van der Waals surface area contributed by atoms with Crippen molar-refractivity contribution in [3.8, 4) is 0 Å². The number of nitrogens with zero attached hydrogens (tertiary/aromatic N) is 1. The second-order valence-corrected chi connectivity index (χ2v) is 9.32. The fourth-order valence-corrected chi connectivity index (χ4v) is 3.98. The van der Waals surface area contributed by atoms with E-state index in [1.807, 2.05) is 18.2 Å². The van der Waals surface area contributed by atoms with Crippen molar-refractivity contribution in [1.82, 2.24) is 0 Å². The Kier molecular flexibility index (Phi) is 18.3. The molecule has 6 heteroatoms.